The number of ether oxygens (including phenoxy) is 1. The SMILES string of the molecule is COc1ccc(-c2csc3nc(-c4ccc(C)cc4)[nH]c(=O)c23)cc1C. The summed E-state index contributed by atoms with van der Waals surface area (Å²) in [5.74, 6) is 1.43. The minimum Gasteiger partial charge on any atom is -0.496 e. The number of hydrogen-bond donors (Lipinski definition) is 1. The maximum atomic E-state index is 12.8. The lowest BCUT2D eigenvalue weighted by molar-refractivity contribution is 0.412. The molecule has 4 nitrogen and oxygen atoms in total. The highest BCUT2D eigenvalue weighted by Gasteiger charge is 2.14. The van der Waals surface area contributed by atoms with E-state index in [0.29, 0.717) is 11.2 Å². The Balaban J connectivity index is 1.85. The van der Waals surface area contributed by atoms with Gasteiger partial charge in [-0.1, -0.05) is 35.9 Å². The van der Waals surface area contributed by atoms with Gasteiger partial charge in [0.1, 0.15) is 16.4 Å². The van der Waals surface area contributed by atoms with Crippen LogP contribution in [0, 0.1) is 13.8 Å². The van der Waals surface area contributed by atoms with Gasteiger partial charge in [-0.05, 0) is 37.1 Å². The second-order valence-electron chi connectivity index (χ2n) is 6.29. The number of aromatic nitrogens is 2. The number of fused-ring (bicyclic) bond motifs is 1. The molecule has 2 heterocycles. The average molecular weight is 362 g/mol. The van der Waals surface area contributed by atoms with E-state index in [1.807, 2.05) is 61.7 Å². The van der Waals surface area contributed by atoms with Gasteiger partial charge in [0.15, 0.2) is 0 Å². The van der Waals surface area contributed by atoms with Crippen molar-refractivity contribution in [2.45, 2.75) is 13.8 Å². The number of nitrogens with one attached hydrogen (secondary N) is 1. The lowest BCUT2D eigenvalue weighted by Gasteiger charge is -2.07. The number of H-pyrrole nitrogens is 1. The standard InChI is InChI=1S/C21H18N2O2S/c1-12-4-6-14(7-5-12)19-22-20(24)18-16(11-26-21(18)23-19)15-8-9-17(25-3)13(2)10-15/h4-11H,1-3H3,(H,22,23,24). The van der Waals surface area contributed by atoms with Gasteiger partial charge in [-0.25, -0.2) is 4.98 Å². The molecule has 0 amide bonds. The van der Waals surface area contributed by atoms with E-state index >= 15 is 0 Å². The summed E-state index contributed by atoms with van der Waals surface area (Å²) >= 11 is 1.49. The Morgan fingerprint density at radius 1 is 1.04 bits per heavy atom. The van der Waals surface area contributed by atoms with E-state index in [-0.39, 0.29) is 5.56 Å². The number of hydrogen-bond acceptors (Lipinski definition) is 4. The molecule has 0 saturated heterocycles. The largest absolute Gasteiger partial charge is 0.496 e. The van der Waals surface area contributed by atoms with Gasteiger partial charge in [-0.15, -0.1) is 11.3 Å². The van der Waals surface area contributed by atoms with Crippen molar-refractivity contribution in [1.82, 2.24) is 9.97 Å². The highest BCUT2D eigenvalue weighted by molar-refractivity contribution is 7.17. The molecule has 0 fully saturated rings. The van der Waals surface area contributed by atoms with E-state index in [1.54, 1.807) is 7.11 Å². The first-order chi connectivity index (χ1) is 12.6. The minimum absolute atomic E-state index is 0.115. The third kappa shape index (κ3) is 2.80. The highest BCUT2D eigenvalue weighted by Crippen LogP contribution is 2.33. The van der Waals surface area contributed by atoms with Crippen LogP contribution in [0.25, 0.3) is 32.7 Å². The van der Waals surface area contributed by atoms with Crippen LogP contribution < -0.4 is 10.3 Å². The van der Waals surface area contributed by atoms with Crippen LogP contribution in [0.4, 0.5) is 0 Å². The van der Waals surface area contributed by atoms with Gasteiger partial charge in [0.05, 0.1) is 12.5 Å². The molecule has 0 bridgehead atoms. The van der Waals surface area contributed by atoms with E-state index in [4.69, 9.17) is 4.74 Å². The number of benzene rings is 2. The minimum atomic E-state index is -0.115. The van der Waals surface area contributed by atoms with Crippen molar-refractivity contribution in [3.05, 3.63) is 69.3 Å². The molecule has 130 valence electrons. The normalized spacial score (nSPS) is 11.0. The van der Waals surface area contributed by atoms with Gasteiger partial charge in [-0.3, -0.25) is 4.79 Å². The van der Waals surface area contributed by atoms with Crippen molar-refractivity contribution in [2.24, 2.45) is 0 Å². The van der Waals surface area contributed by atoms with Crippen LogP contribution >= 0.6 is 11.3 Å². The summed E-state index contributed by atoms with van der Waals surface area (Å²) in [6.45, 7) is 4.03. The predicted octanol–water partition coefficient (Wildman–Crippen LogP) is 4.94. The molecule has 0 unspecified atom stereocenters. The maximum Gasteiger partial charge on any atom is 0.260 e. The lowest BCUT2D eigenvalue weighted by Crippen LogP contribution is -2.09. The Labute approximate surface area is 155 Å². The van der Waals surface area contributed by atoms with E-state index in [2.05, 4.69) is 9.97 Å². The van der Waals surface area contributed by atoms with Crippen LogP contribution in [-0.4, -0.2) is 17.1 Å². The van der Waals surface area contributed by atoms with Crippen LogP contribution in [0.3, 0.4) is 0 Å². The van der Waals surface area contributed by atoms with Crippen LogP contribution in [0.5, 0.6) is 5.75 Å². The zero-order valence-electron chi connectivity index (χ0n) is 14.8. The number of aryl methyl sites for hydroxylation is 2. The van der Waals surface area contributed by atoms with Crippen molar-refractivity contribution < 1.29 is 4.74 Å². The summed E-state index contributed by atoms with van der Waals surface area (Å²) in [6, 6.07) is 13.9. The molecule has 0 atom stereocenters. The summed E-state index contributed by atoms with van der Waals surface area (Å²) in [6.07, 6.45) is 0. The summed E-state index contributed by atoms with van der Waals surface area (Å²) in [5, 5.41) is 2.63. The quantitative estimate of drug-likeness (QED) is 0.561. The third-order valence-electron chi connectivity index (χ3n) is 4.47. The topological polar surface area (TPSA) is 55.0 Å². The molecule has 0 saturated carbocycles. The molecule has 2 aromatic heterocycles. The summed E-state index contributed by atoms with van der Waals surface area (Å²) < 4.78 is 5.32. The Hall–Kier alpha value is -2.92. The van der Waals surface area contributed by atoms with Crippen LogP contribution in [0.15, 0.2) is 52.6 Å². The molecular formula is C21H18N2O2S. The Morgan fingerprint density at radius 2 is 1.77 bits per heavy atom. The molecule has 4 rings (SSSR count). The van der Waals surface area contributed by atoms with Gasteiger partial charge >= 0.3 is 0 Å². The fourth-order valence-corrected chi connectivity index (χ4v) is 4.00. The monoisotopic (exact) mass is 362 g/mol. The molecular weight excluding hydrogens is 344 g/mol. The number of nitrogens with zero attached hydrogens (tertiary/aromatic N) is 1. The number of aromatic amines is 1. The van der Waals surface area contributed by atoms with Crippen LogP contribution in [0.1, 0.15) is 11.1 Å². The van der Waals surface area contributed by atoms with Crippen LogP contribution in [-0.2, 0) is 0 Å². The molecule has 0 spiro atoms. The van der Waals surface area contributed by atoms with Gasteiger partial charge < -0.3 is 9.72 Å². The fourth-order valence-electron chi connectivity index (χ4n) is 3.06. The van der Waals surface area contributed by atoms with E-state index in [9.17, 15) is 4.79 Å². The zero-order valence-corrected chi connectivity index (χ0v) is 15.6. The molecule has 26 heavy (non-hydrogen) atoms. The molecule has 4 aromatic rings. The van der Waals surface area contributed by atoms with E-state index in [1.165, 1.54) is 16.9 Å². The van der Waals surface area contributed by atoms with Crippen LogP contribution in [0.2, 0.25) is 0 Å². The van der Waals surface area contributed by atoms with Crippen molar-refractivity contribution in [2.75, 3.05) is 7.11 Å². The van der Waals surface area contributed by atoms with Gasteiger partial charge in [-0.2, -0.15) is 0 Å². The predicted molar refractivity (Wildman–Crippen MR) is 107 cm³/mol. The molecule has 0 aliphatic heterocycles. The maximum absolute atomic E-state index is 12.8. The van der Waals surface area contributed by atoms with Gasteiger partial charge in [0.2, 0.25) is 0 Å². The van der Waals surface area contributed by atoms with Gasteiger partial charge in [0, 0.05) is 16.5 Å². The first-order valence-electron chi connectivity index (χ1n) is 8.30. The second kappa shape index (κ2) is 6.42. The van der Waals surface area contributed by atoms with Crippen molar-refractivity contribution in [3.8, 4) is 28.3 Å². The molecule has 5 heteroatoms. The molecule has 2 aromatic carbocycles. The first kappa shape index (κ1) is 16.5. The number of thiophene rings is 1. The third-order valence-corrected chi connectivity index (χ3v) is 5.35. The van der Waals surface area contributed by atoms with E-state index in [0.717, 1.165) is 32.8 Å². The smallest absolute Gasteiger partial charge is 0.260 e. The summed E-state index contributed by atoms with van der Waals surface area (Å²) in [7, 11) is 1.66. The van der Waals surface area contributed by atoms with Crippen molar-refractivity contribution >= 4 is 21.6 Å². The molecule has 1 N–H and O–H groups in total. The zero-order chi connectivity index (χ0) is 18.3. The fraction of sp³-hybridized carbons (Fsp3) is 0.143. The Morgan fingerprint density at radius 3 is 2.46 bits per heavy atom. The molecule has 0 radical (unpaired) electrons. The average Bonchev–Trinajstić information content (AvgIpc) is 3.07. The molecule has 0 aliphatic rings. The number of rotatable bonds is 3. The van der Waals surface area contributed by atoms with Crippen molar-refractivity contribution in [1.29, 1.82) is 0 Å². The highest BCUT2D eigenvalue weighted by atomic mass is 32.1. The first-order valence-corrected chi connectivity index (χ1v) is 9.18. The number of methoxy groups -OCH3 is 1. The van der Waals surface area contributed by atoms with E-state index < -0.39 is 0 Å². The Kier molecular flexibility index (Phi) is 4.09. The molecule has 0 aliphatic carbocycles. The van der Waals surface area contributed by atoms with Crippen molar-refractivity contribution in [3.63, 3.8) is 0 Å². The van der Waals surface area contributed by atoms with Gasteiger partial charge in [0.25, 0.3) is 5.56 Å². The second-order valence-corrected chi connectivity index (χ2v) is 7.15. The summed E-state index contributed by atoms with van der Waals surface area (Å²) in [4.78, 5) is 21.1. The lowest BCUT2D eigenvalue weighted by atomic mass is 10.0. The Bertz CT molecular complexity index is 1160. The summed E-state index contributed by atoms with van der Waals surface area (Å²) in [5.41, 5.74) is 4.89.